The third kappa shape index (κ3) is 45.0. The number of hydrogen-bond acceptors (Lipinski definition) is 6. The maximum atomic E-state index is 12.9. The minimum Gasteiger partial charge on any atom is -0.466 e. The highest BCUT2D eigenvalue weighted by Gasteiger charge is 2.15. The van der Waals surface area contributed by atoms with E-state index in [0.29, 0.717) is 19.4 Å². The van der Waals surface area contributed by atoms with Gasteiger partial charge < -0.3 is 19.3 Å². The van der Waals surface area contributed by atoms with Crippen molar-refractivity contribution in [1.29, 1.82) is 0 Å². The van der Waals surface area contributed by atoms with Gasteiger partial charge in [-0.05, 0) is 83.8 Å². The Hall–Kier alpha value is -1.63. The number of ether oxygens (including phenoxy) is 2. The predicted molar refractivity (Wildman–Crippen MR) is 267 cm³/mol. The van der Waals surface area contributed by atoms with E-state index in [0.717, 1.165) is 77.5 Å². The lowest BCUT2D eigenvalue weighted by molar-refractivity contribution is -0.150. The fourth-order valence-electron chi connectivity index (χ4n) is 8.66. The molecule has 0 aliphatic carbocycles. The van der Waals surface area contributed by atoms with Crippen molar-refractivity contribution >= 4 is 17.8 Å². The summed E-state index contributed by atoms with van der Waals surface area (Å²) in [5.74, 6) is 0.151. The Morgan fingerprint density at radius 1 is 0.387 bits per heavy atom. The third-order valence-corrected chi connectivity index (χ3v) is 13.0. The zero-order valence-electron chi connectivity index (χ0n) is 42.5. The second-order valence-electron chi connectivity index (χ2n) is 19.2. The Bertz CT molecular complexity index is 960. The molecule has 0 bridgehead atoms. The summed E-state index contributed by atoms with van der Waals surface area (Å²) in [7, 11) is 1.90. The van der Waals surface area contributed by atoms with Crippen LogP contribution in [0.15, 0.2) is 0 Å². The second kappa shape index (κ2) is 48.8. The highest BCUT2D eigenvalue weighted by atomic mass is 16.5. The number of nitrogens with zero attached hydrogens (tertiary/aromatic N) is 2. The molecule has 0 saturated carbocycles. The summed E-state index contributed by atoms with van der Waals surface area (Å²) >= 11 is 0. The van der Waals surface area contributed by atoms with Gasteiger partial charge >= 0.3 is 11.9 Å². The standard InChI is InChI=1S/C55H108N2O5/c1-6-9-12-15-18-20-26-34-41-51-61-54(59)45-37-31-27-33-40-49-57(50-42-47-56(5)52(4)58)48-39-32-25-21-24-30-38-46-55(60)62-53(43-35-28-22-17-14-11-8-3)44-36-29-23-19-16-13-10-7-2/h53H,6-51H2,1-5H3. The van der Waals surface area contributed by atoms with Crippen LogP contribution < -0.4 is 0 Å². The molecule has 7 heteroatoms. The minimum absolute atomic E-state index is 0.0203. The van der Waals surface area contributed by atoms with Crippen molar-refractivity contribution in [2.24, 2.45) is 0 Å². The van der Waals surface area contributed by atoms with Crippen molar-refractivity contribution in [3.05, 3.63) is 0 Å². The number of carbonyl (C=O) groups is 3. The van der Waals surface area contributed by atoms with E-state index in [1.807, 2.05) is 11.9 Å². The molecule has 0 heterocycles. The smallest absolute Gasteiger partial charge is 0.306 e. The summed E-state index contributed by atoms with van der Waals surface area (Å²) in [6.45, 7) is 13.1. The van der Waals surface area contributed by atoms with E-state index in [4.69, 9.17) is 9.47 Å². The zero-order chi connectivity index (χ0) is 45.4. The lowest BCUT2D eigenvalue weighted by Gasteiger charge is -2.24. The third-order valence-electron chi connectivity index (χ3n) is 13.0. The molecule has 1 unspecified atom stereocenters. The maximum Gasteiger partial charge on any atom is 0.306 e. The highest BCUT2D eigenvalue weighted by molar-refractivity contribution is 5.72. The number of carbonyl (C=O) groups excluding carboxylic acids is 3. The molecule has 0 aromatic carbocycles. The molecule has 1 atom stereocenters. The van der Waals surface area contributed by atoms with Crippen LogP contribution in [0.3, 0.4) is 0 Å². The number of unbranched alkanes of at least 4 members (excludes halogenated alkanes) is 31. The van der Waals surface area contributed by atoms with E-state index >= 15 is 0 Å². The van der Waals surface area contributed by atoms with Crippen molar-refractivity contribution in [2.75, 3.05) is 39.8 Å². The van der Waals surface area contributed by atoms with Crippen LogP contribution in [-0.2, 0) is 23.9 Å². The van der Waals surface area contributed by atoms with Crippen LogP contribution in [0.5, 0.6) is 0 Å². The molecule has 0 aromatic rings. The Balaban J connectivity index is 4.26. The van der Waals surface area contributed by atoms with Gasteiger partial charge in [-0.1, -0.05) is 207 Å². The molecule has 1 amide bonds. The van der Waals surface area contributed by atoms with E-state index in [9.17, 15) is 14.4 Å². The number of rotatable bonds is 50. The number of amides is 1. The van der Waals surface area contributed by atoms with Crippen LogP contribution in [0.2, 0.25) is 0 Å². The fraction of sp³-hybridized carbons (Fsp3) is 0.945. The first kappa shape index (κ1) is 60.4. The lowest BCUT2D eigenvalue weighted by atomic mass is 10.0. The molecular weight excluding hydrogens is 769 g/mol. The van der Waals surface area contributed by atoms with Crippen LogP contribution >= 0.6 is 0 Å². The van der Waals surface area contributed by atoms with Gasteiger partial charge in [-0.15, -0.1) is 0 Å². The van der Waals surface area contributed by atoms with Crippen molar-refractivity contribution in [3.63, 3.8) is 0 Å². The summed E-state index contributed by atoms with van der Waals surface area (Å²) in [6, 6.07) is 0. The lowest BCUT2D eigenvalue weighted by Crippen LogP contribution is -2.31. The molecule has 0 aromatic heterocycles. The van der Waals surface area contributed by atoms with Gasteiger partial charge in [0, 0.05) is 33.4 Å². The average molecular weight is 877 g/mol. The van der Waals surface area contributed by atoms with E-state index in [1.54, 1.807) is 6.92 Å². The van der Waals surface area contributed by atoms with Gasteiger partial charge in [0.25, 0.3) is 0 Å². The van der Waals surface area contributed by atoms with Crippen molar-refractivity contribution in [3.8, 4) is 0 Å². The monoisotopic (exact) mass is 877 g/mol. The quantitative estimate of drug-likeness (QED) is 0.0448. The topological polar surface area (TPSA) is 76.2 Å². The van der Waals surface area contributed by atoms with E-state index in [-0.39, 0.29) is 23.9 Å². The Morgan fingerprint density at radius 2 is 0.726 bits per heavy atom. The van der Waals surface area contributed by atoms with Gasteiger partial charge in [-0.2, -0.15) is 0 Å². The highest BCUT2D eigenvalue weighted by Crippen LogP contribution is 2.19. The second-order valence-corrected chi connectivity index (χ2v) is 19.2. The predicted octanol–water partition coefficient (Wildman–Crippen LogP) is 16.3. The van der Waals surface area contributed by atoms with Crippen molar-refractivity contribution in [2.45, 2.75) is 297 Å². The minimum atomic E-state index is -0.0203. The summed E-state index contributed by atoms with van der Waals surface area (Å²) in [5.41, 5.74) is 0. The van der Waals surface area contributed by atoms with Crippen molar-refractivity contribution < 1.29 is 23.9 Å². The van der Waals surface area contributed by atoms with Gasteiger partial charge in [0.1, 0.15) is 6.10 Å². The Morgan fingerprint density at radius 3 is 1.15 bits per heavy atom. The Kier molecular flexibility index (Phi) is 47.5. The van der Waals surface area contributed by atoms with Gasteiger partial charge in [-0.25, -0.2) is 0 Å². The van der Waals surface area contributed by atoms with Crippen molar-refractivity contribution in [1.82, 2.24) is 9.80 Å². The molecule has 0 N–H and O–H groups in total. The first-order chi connectivity index (χ1) is 30.3. The molecule has 0 aliphatic heterocycles. The number of esters is 2. The number of hydrogen-bond donors (Lipinski definition) is 0. The van der Waals surface area contributed by atoms with Crippen LogP contribution in [-0.4, -0.2) is 73.6 Å². The van der Waals surface area contributed by atoms with Gasteiger partial charge in [0.15, 0.2) is 0 Å². The Labute approximate surface area is 387 Å². The summed E-state index contributed by atoms with van der Waals surface area (Å²) < 4.78 is 11.6. The summed E-state index contributed by atoms with van der Waals surface area (Å²) in [5, 5.41) is 0. The van der Waals surface area contributed by atoms with E-state index in [1.165, 1.54) is 199 Å². The molecule has 0 saturated heterocycles. The van der Waals surface area contributed by atoms with E-state index in [2.05, 4.69) is 25.7 Å². The fourth-order valence-corrected chi connectivity index (χ4v) is 8.66. The molecule has 0 aliphatic rings. The normalized spacial score (nSPS) is 12.0. The molecule has 7 nitrogen and oxygen atoms in total. The first-order valence-electron chi connectivity index (χ1n) is 27.6. The SMILES string of the molecule is CCCCCCCCCCCOC(=O)CCCCCCCN(CCCCCCCCCC(=O)OC(CCCCCCCCC)CCCCCCCCCC)CCCN(C)C(C)=O. The maximum absolute atomic E-state index is 12.9. The average Bonchev–Trinajstić information content (AvgIpc) is 3.26. The first-order valence-corrected chi connectivity index (χ1v) is 27.6. The molecule has 0 rings (SSSR count). The molecule has 368 valence electrons. The van der Waals surface area contributed by atoms with Gasteiger partial charge in [0.05, 0.1) is 6.61 Å². The summed E-state index contributed by atoms with van der Waals surface area (Å²) in [6.07, 6.45) is 49.4. The molecule has 0 fully saturated rings. The van der Waals surface area contributed by atoms with Crippen LogP contribution in [0.25, 0.3) is 0 Å². The molecular formula is C55H108N2O5. The molecule has 62 heavy (non-hydrogen) atoms. The van der Waals surface area contributed by atoms with Gasteiger partial charge in [-0.3, -0.25) is 14.4 Å². The largest absolute Gasteiger partial charge is 0.466 e. The molecule has 0 radical (unpaired) electrons. The summed E-state index contributed by atoms with van der Waals surface area (Å²) in [4.78, 5) is 41.2. The zero-order valence-corrected chi connectivity index (χ0v) is 42.5. The van der Waals surface area contributed by atoms with Crippen LogP contribution in [0.1, 0.15) is 291 Å². The van der Waals surface area contributed by atoms with Crippen LogP contribution in [0, 0.1) is 0 Å². The van der Waals surface area contributed by atoms with Gasteiger partial charge in [0.2, 0.25) is 5.91 Å². The van der Waals surface area contributed by atoms with Crippen LogP contribution in [0.4, 0.5) is 0 Å². The molecule has 0 spiro atoms. The van der Waals surface area contributed by atoms with E-state index < -0.39 is 0 Å².